The van der Waals surface area contributed by atoms with Gasteiger partial charge in [0, 0.05) is 24.1 Å². The highest BCUT2D eigenvalue weighted by atomic mass is 16.6. The van der Waals surface area contributed by atoms with E-state index in [1.165, 1.54) is 0 Å². The van der Waals surface area contributed by atoms with Crippen LogP contribution in [0.25, 0.3) is 0 Å². The molecule has 5 nitrogen and oxygen atoms in total. The lowest BCUT2D eigenvalue weighted by Crippen LogP contribution is -2.37. The van der Waals surface area contributed by atoms with Crippen molar-refractivity contribution in [3.05, 3.63) is 23.8 Å². The van der Waals surface area contributed by atoms with Gasteiger partial charge in [0.05, 0.1) is 6.10 Å². The van der Waals surface area contributed by atoms with Gasteiger partial charge in [-0.05, 0) is 33.8 Å². The Balaban J connectivity index is 2.05. The molecule has 0 saturated carbocycles. The molecule has 21 heavy (non-hydrogen) atoms. The minimum Gasteiger partial charge on any atom is -0.487 e. The summed E-state index contributed by atoms with van der Waals surface area (Å²) in [6.45, 7) is 7.49. The van der Waals surface area contributed by atoms with Gasteiger partial charge in [0.25, 0.3) is 0 Å². The maximum absolute atomic E-state index is 11.5. The highest BCUT2D eigenvalue weighted by Gasteiger charge is 2.31. The number of benzene rings is 1. The van der Waals surface area contributed by atoms with Gasteiger partial charge >= 0.3 is 5.97 Å². The van der Waals surface area contributed by atoms with Crippen molar-refractivity contribution in [2.24, 2.45) is 5.73 Å². The van der Waals surface area contributed by atoms with Crippen LogP contribution in [-0.2, 0) is 9.53 Å². The van der Waals surface area contributed by atoms with E-state index in [0.717, 1.165) is 12.0 Å². The van der Waals surface area contributed by atoms with E-state index in [4.69, 9.17) is 19.9 Å². The van der Waals surface area contributed by atoms with E-state index in [0.29, 0.717) is 11.5 Å². The number of carbonyl (C=O) groups is 1. The topological polar surface area (TPSA) is 70.8 Å². The third-order valence-electron chi connectivity index (χ3n) is 3.21. The van der Waals surface area contributed by atoms with Crippen molar-refractivity contribution in [1.29, 1.82) is 0 Å². The van der Waals surface area contributed by atoms with Crippen LogP contribution in [0.1, 0.15) is 45.7 Å². The first kappa shape index (κ1) is 15.6. The summed E-state index contributed by atoms with van der Waals surface area (Å²) in [5.41, 5.74) is 6.81. The van der Waals surface area contributed by atoms with Crippen LogP contribution in [0.4, 0.5) is 0 Å². The second-order valence-electron chi connectivity index (χ2n) is 6.20. The first-order valence-corrected chi connectivity index (χ1v) is 7.18. The van der Waals surface area contributed by atoms with Crippen molar-refractivity contribution in [3.63, 3.8) is 0 Å². The van der Waals surface area contributed by atoms with E-state index in [1.54, 1.807) is 26.0 Å². The Bertz CT molecular complexity index is 525. The van der Waals surface area contributed by atoms with Crippen molar-refractivity contribution in [2.45, 2.75) is 51.9 Å². The van der Waals surface area contributed by atoms with Crippen molar-refractivity contribution >= 4 is 5.97 Å². The minimum absolute atomic E-state index is 0.0521. The van der Waals surface area contributed by atoms with E-state index in [1.807, 2.05) is 19.9 Å². The molecule has 0 spiro atoms. The van der Waals surface area contributed by atoms with Crippen LogP contribution in [0, 0.1) is 0 Å². The molecule has 0 bridgehead atoms. The summed E-state index contributed by atoms with van der Waals surface area (Å²) < 4.78 is 16.4. The van der Waals surface area contributed by atoms with Crippen LogP contribution >= 0.6 is 0 Å². The monoisotopic (exact) mass is 293 g/mol. The minimum atomic E-state index is -0.388. The second-order valence-corrected chi connectivity index (χ2v) is 6.20. The highest BCUT2D eigenvalue weighted by Crippen LogP contribution is 2.39. The van der Waals surface area contributed by atoms with Crippen LogP contribution in [-0.4, -0.2) is 24.3 Å². The molecule has 0 radical (unpaired) electrons. The van der Waals surface area contributed by atoms with Crippen LogP contribution < -0.4 is 15.2 Å². The molecule has 0 amide bonds. The first-order valence-electron chi connectivity index (χ1n) is 7.18. The Morgan fingerprint density at radius 2 is 2.19 bits per heavy atom. The lowest BCUT2D eigenvalue weighted by Gasteiger charge is -2.36. The van der Waals surface area contributed by atoms with Crippen LogP contribution in [0.5, 0.6) is 11.5 Å². The van der Waals surface area contributed by atoms with Gasteiger partial charge in [-0.25, -0.2) is 4.79 Å². The number of hydrogen-bond donors (Lipinski definition) is 1. The van der Waals surface area contributed by atoms with Crippen molar-refractivity contribution in [1.82, 2.24) is 0 Å². The zero-order valence-corrected chi connectivity index (χ0v) is 13.0. The molecule has 0 aromatic heterocycles. The molecule has 1 aromatic carbocycles. The molecule has 1 atom stereocenters. The molecule has 116 valence electrons. The van der Waals surface area contributed by atoms with Gasteiger partial charge in [0.2, 0.25) is 0 Å². The summed E-state index contributed by atoms with van der Waals surface area (Å²) in [7, 11) is 0. The molecule has 1 aliphatic rings. The van der Waals surface area contributed by atoms with Gasteiger partial charge in [0.15, 0.2) is 6.61 Å². The summed E-state index contributed by atoms with van der Waals surface area (Å²) in [6.07, 6.45) is 0.618. The fourth-order valence-electron chi connectivity index (χ4n) is 2.42. The fourth-order valence-corrected chi connectivity index (χ4v) is 2.42. The summed E-state index contributed by atoms with van der Waals surface area (Å²) in [5, 5.41) is 0. The van der Waals surface area contributed by atoms with Crippen LogP contribution in [0.3, 0.4) is 0 Å². The van der Waals surface area contributed by atoms with Gasteiger partial charge in [-0.3, -0.25) is 0 Å². The van der Waals surface area contributed by atoms with E-state index >= 15 is 0 Å². The van der Waals surface area contributed by atoms with Crippen LogP contribution in [0.15, 0.2) is 18.2 Å². The molecular formula is C16H23NO4. The summed E-state index contributed by atoms with van der Waals surface area (Å²) in [4.78, 5) is 11.5. The first-order chi connectivity index (χ1) is 9.77. The van der Waals surface area contributed by atoms with E-state index in [2.05, 4.69) is 0 Å². The van der Waals surface area contributed by atoms with E-state index in [9.17, 15) is 4.79 Å². The molecule has 1 aromatic rings. The van der Waals surface area contributed by atoms with Gasteiger partial charge < -0.3 is 19.9 Å². The average Bonchev–Trinajstić information content (AvgIpc) is 2.33. The third-order valence-corrected chi connectivity index (χ3v) is 3.21. The number of carbonyl (C=O) groups excluding carboxylic acids is 1. The molecule has 2 rings (SSSR count). The average molecular weight is 293 g/mol. The molecule has 0 fully saturated rings. The molecule has 1 unspecified atom stereocenters. The Morgan fingerprint density at radius 1 is 1.48 bits per heavy atom. The fraction of sp³-hybridized carbons (Fsp3) is 0.562. The predicted octanol–water partition coefficient (Wildman–Crippen LogP) is 2.58. The zero-order chi connectivity index (χ0) is 15.6. The quantitative estimate of drug-likeness (QED) is 0.864. The molecule has 5 heteroatoms. The van der Waals surface area contributed by atoms with Gasteiger partial charge in [-0.2, -0.15) is 0 Å². The lowest BCUT2D eigenvalue weighted by molar-refractivity contribution is -0.149. The predicted molar refractivity (Wildman–Crippen MR) is 79.4 cm³/mol. The summed E-state index contributed by atoms with van der Waals surface area (Å²) in [6, 6.07) is 5.41. The van der Waals surface area contributed by atoms with Crippen molar-refractivity contribution in [2.75, 3.05) is 6.61 Å². The lowest BCUT2D eigenvalue weighted by atomic mass is 9.90. The largest absolute Gasteiger partial charge is 0.487 e. The maximum Gasteiger partial charge on any atom is 0.344 e. The number of nitrogens with two attached hydrogens (primary N) is 1. The van der Waals surface area contributed by atoms with Gasteiger partial charge in [0.1, 0.15) is 17.1 Å². The third kappa shape index (κ3) is 4.11. The summed E-state index contributed by atoms with van der Waals surface area (Å²) in [5.74, 6) is 0.897. The molecule has 2 N–H and O–H groups in total. The van der Waals surface area contributed by atoms with E-state index < -0.39 is 0 Å². The molecule has 0 aliphatic carbocycles. The number of rotatable bonds is 4. The number of hydrogen-bond acceptors (Lipinski definition) is 5. The van der Waals surface area contributed by atoms with Gasteiger partial charge in [-0.15, -0.1) is 0 Å². The SMILES string of the molecule is CC(C)OC(=O)COc1ccc2c(c1)OC(C)(C)CC2N. The molecule has 1 aliphatic heterocycles. The molecular weight excluding hydrogens is 270 g/mol. The van der Waals surface area contributed by atoms with Crippen LogP contribution in [0.2, 0.25) is 0 Å². The normalized spacial score (nSPS) is 19.6. The maximum atomic E-state index is 11.5. The zero-order valence-electron chi connectivity index (χ0n) is 13.0. The smallest absolute Gasteiger partial charge is 0.344 e. The Kier molecular flexibility index (Phi) is 4.42. The Labute approximate surface area is 125 Å². The number of esters is 1. The van der Waals surface area contributed by atoms with Gasteiger partial charge in [-0.1, -0.05) is 6.07 Å². The standard InChI is InChI=1S/C16H23NO4/c1-10(2)20-15(18)9-19-11-5-6-12-13(17)8-16(3,4)21-14(12)7-11/h5-7,10,13H,8-9,17H2,1-4H3. The Morgan fingerprint density at radius 3 is 2.86 bits per heavy atom. The summed E-state index contributed by atoms with van der Waals surface area (Å²) >= 11 is 0. The Hall–Kier alpha value is -1.75. The highest BCUT2D eigenvalue weighted by molar-refractivity contribution is 5.71. The second kappa shape index (κ2) is 5.93. The molecule has 1 heterocycles. The molecule has 0 saturated heterocycles. The van der Waals surface area contributed by atoms with E-state index in [-0.39, 0.29) is 30.3 Å². The van der Waals surface area contributed by atoms with Crippen molar-refractivity contribution in [3.8, 4) is 11.5 Å². The number of fused-ring (bicyclic) bond motifs is 1. The number of ether oxygens (including phenoxy) is 3. The van der Waals surface area contributed by atoms with Crippen molar-refractivity contribution < 1.29 is 19.0 Å².